The van der Waals surface area contributed by atoms with E-state index >= 15 is 0 Å². The molecule has 0 nitrogen and oxygen atoms in total. The van der Waals surface area contributed by atoms with Crippen LogP contribution in [0.4, 0.5) is 0 Å². The van der Waals surface area contributed by atoms with Gasteiger partial charge in [-0.15, -0.1) is 0 Å². The van der Waals surface area contributed by atoms with Crippen LogP contribution in [0.1, 0.15) is 100 Å². The molecule has 0 radical (unpaired) electrons. The highest BCUT2D eigenvalue weighted by atomic mass is 14.2. The lowest BCUT2D eigenvalue weighted by molar-refractivity contribution is 0.244. The van der Waals surface area contributed by atoms with Gasteiger partial charge in [0.2, 0.25) is 0 Å². The van der Waals surface area contributed by atoms with Crippen molar-refractivity contribution < 1.29 is 0 Å². The molecule has 0 aliphatic rings. The Labute approximate surface area is 136 Å². The van der Waals surface area contributed by atoms with Crippen molar-refractivity contribution in [3.05, 3.63) is 0 Å². The van der Waals surface area contributed by atoms with Crippen molar-refractivity contribution in [2.24, 2.45) is 35.5 Å². The topological polar surface area (TPSA) is 0 Å². The van der Waals surface area contributed by atoms with E-state index in [9.17, 15) is 0 Å². The molecule has 0 amide bonds. The molecule has 0 aliphatic heterocycles. The fourth-order valence-corrected chi connectivity index (χ4v) is 3.37. The van der Waals surface area contributed by atoms with Crippen LogP contribution in [0.5, 0.6) is 0 Å². The van der Waals surface area contributed by atoms with Gasteiger partial charge in [-0.05, 0) is 41.9 Å². The highest BCUT2D eigenvalue weighted by Crippen LogP contribution is 2.30. The van der Waals surface area contributed by atoms with Crippen molar-refractivity contribution in [1.29, 1.82) is 0 Å². The maximum absolute atomic E-state index is 2.49. The third-order valence-electron chi connectivity index (χ3n) is 5.69. The molecule has 0 saturated heterocycles. The van der Waals surface area contributed by atoms with E-state index in [-0.39, 0.29) is 0 Å². The Morgan fingerprint density at radius 2 is 0.857 bits per heavy atom. The van der Waals surface area contributed by atoms with Crippen molar-refractivity contribution in [2.75, 3.05) is 0 Å². The zero-order chi connectivity index (χ0) is 16.4. The van der Waals surface area contributed by atoms with Crippen LogP contribution >= 0.6 is 0 Å². The van der Waals surface area contributed by atoms with Gasteiger partial charge in [0.15, 0.2) is 0 Å². The molecule has 128 valence electrons. The summed E-state index contributed by atoms with van der Waals surface area (Å²) < 4.78 is 0. The van der Waals surface area contributed by atoms with E-state index in [0.29, 0.717) is 0 Å². The summed E-state index contributed by atoms with van der Waals surface area (Å²) in [5, 5.41) is 0. The van der Waals surface area contributed by atoms with E-state index in [1.54, 1.807) is 0 Å². The van der Waals surface area contributed by atoms with Gasteiger partial charge in [-0.1, -0.05) is 93.9 Å². The van der Waals surface area contributed by atoms with E-state index in [0.717, 1.165) is 35.5 Å². The second-order valence-electron chi connectivity index (χ2n) is 8.62. The van der Waals surface area contributed by atoms with E-state index in [2.05, 4.69) is 55.4 Å². The van der Waals surface area contributed by atoms with Gasteiger partial charge >= 0.3 is 0 Å². The summed E-state index contributed by atoms with van der Waals surface area (Å²) in [5.41, 5.74) is 0. The predicted octanol–water partition coefficient (Wildman–Crippen LogP) is 7.57. The van der Waals surface area contributed by atoms with Gasteiger partial charge in [0.1, 0.15) is 0 Å². The fraction of sp³-hybridized carbons (Fsp3) is 1.00. The Morgan fingerprint density at radius 3 is 1.24 bits per heavy atom. The fourth-order valence-electron chi connectivity index (χ4n) is 3.37. The van der Waals surface area contributed by atoms with Crippen molar-refractivity contribution in [3.8, 4) is 0 Å². The molecule has 0 aromatic rings. The quantitative estimate of drug-likeness (QED) is 0.348. The Balaban J connectivity index is 4.07. The molecule has 0 aromatic carbocycles. The second-order valence-corrected chi connectivity index (χ2v) is 8.62. The molecule has 4 atom stereocenters. The molecule has 0 aliphatic carbocycles. The smallest absolute Gasteiger partial charge is 0.0391 e. The highest BCUT2D eigenvalue weighted by Gasteiger charge is 2.19. The molecule has 0 fully saturated rings. The summed E-state index contributed by atoms with van der Waals surface area (Å²) >= 11 is 0. The van der Waals surface area contributed by atoms with Crippen LogP contribution in [0.3, 0.4) is 0 Å². The molecule has 4 unspecified atom stereocenters. The average Bonchev–Trinajstić information content (AvgIpc) is 2.42. The number of hydrogen-bond donors (Lipinski definition) is 0. The van der Waals surface area contributed by atoms with Gasteiger partial charge < -0.3 is 0 Å². The van der Waals surface area contributed by atoms with Crippen LogP contribution in [0.25, 0.3) is 0 Å². The lowest BCUT2D eigenvalue weighted by atomic mass is 9.79. The minimum atomic E-state index is 0.860. The summed E-state index contributed by atoms with van der Waals surface area (Å²) in [4.78, 5) is 0. The third kappa shape index (κ3) is 10.4. The van der Waals surface area contributed by atoms with Gasteiger partial charge in [-0.3, -0.25) is 0 Å². The van der Waals surface area contributed by atoms with Crippen molar-refractivity contribution in [3.63, 3.8) is 0 Å². The van der Waals surface area contributed by atoms with Gasteiger partial charge in [-0.2, -0.15) is 0 Å². The van der Waals surface area contributed by atoms with Crippen LogP contribution in [0.15, 0.2) is 0 Å². The van der Waals surface area contributed by atoms with Crippen LogP contribution in [0.2, 0.25) is 0 Å². The molecule has 0 rings (SSSR count). The molecule has 0 heteroatoms. The Hall–Kier alpha value is 0. The zero-order valence-corrected chi connectivity index (χ0v) is 16.4. The molecule has 0 saturated carbocycles. The molecular formula is C21H44. The van der Waals surface area contributed by atoms with E-state index < -0.39 is 0 Å². The van der Waals surface area contributed by atoms with E-state index in [1.165, 1.54) is 44.9 Å². The van der Waals surface area contributed by atoms with Gasteiger partial charge in [0.05, 0.1) is 0 Å². The summed E-state index contributed by atoms with van der Waals surface area (Å²) in [6.45, 7) is 19.2. The summed E-state index contributed by atoms with van der Waals surface area (Å²) in [5.74, 6) is 5.38. The van der Waals surface area contributed by atoms with Crippen LogP contribution in [-0.2, 0) is 0 Å². The average molecular weight is 297 g/mol. The van der Waals surface area contributed by atoms with E-state index in [1.807, 2.05) is 0 Å². The normalized spacial score (nSPS) is 18.0. The third-order valence-corrected chi connectivity index (χ3v) is 5.69. The van der Waals surface area contributed by atoms with Gasteiger partial charge in [-0.25, -0.2) is 0 Å². The van der Waals surface area contributed by atoms with Crippen LogP contribution in [0, 0.1) is 35.5 Å². The minimum absolute atomic E-state index is 0.860. The molecule has 21 heavy (non-hydrogen) atoms. The van der Waals surface area contributed by atoms with Crippen molar-refractivity contribution >= 4 is 0 Å². The molecule has 0 bridgehead atoms. The lowest BCUT2D eigenvalue weighted by Crippen LogP contribution is -2.16. The second kappa shape index (κ2) is 11.6. The SMILES string of the molecule is CCC(CCC(C)C(C)CCC(C)C)C(C)CCC(C)C. The molecule has 0 heterocycles. The number of rotatable bonds is 12. The first kappa shape index (κ1) is 21.0. The standard InChI is InChI=1S/C21H44/c1-9-21(20(8)13-11-17(4)5)15-14-19(7)18(6)12-10-16(2)3/h16-21H,9-15H2,1-8H3. The Kier molecular flexibility index (Phi) is 11.6. The molecular weight excluding hydrogens is 252 g/mol. The summed E-state index contributed by atoms with van der Waals surface area (Å²) in [6.07, 6.45) is 9.89. The van der Waals surface area contributed by atoms with Crippen LogP contribution < -0.4 is 0 Å². The minimum Gasteiger partial charge on any atom is -0.0651 e. The first-order valence-corrected chi connectivity index (χ1v) is 9.77. The summed E-state index contributed by atoms with van der Waals surface area (Å²) in [7, 11) is 0. The maximum atomic E-state index is 2.49. The maximum Gasteiger partial charge on any atom is -0.0391 e. The Bertz CT molecular complexity index is 228. The largest absolute Gasteiger partial charge is 0.0651 e. The summed E-state index contributed by atoms with van der Waals surface area (Å²) in [6, 6.07) is 0. The molecule has 0 spiro atoms. The van der Waals surface area contributed by atoms with Gasteiger partial charge in [0, 0.05) is 0 Å². The lowest BCUT2D eigenvalue weighted by Gasteiger charge is -2.27. The molecule has 0 aromatic heterocycles. The van der Waals surface area contributed by atoms with Crippen molar-refractivity contribution in [2.45, 2.75) is 100 Å². The van der Waals surface area contributed by atoms with E-state index in [4.69, 9.17) is 0 Å². The zero-order valence-electron chi connectivity index (χ0n) is 16.4. The molecule has 0 N–H and O–H groups in total. The number of hydrogen-bond acceptors (Lipinski definition) is 0. The first-order valence-electron chi connectivity index (χ1n) is 9.77. The predicted molar refractivity (Wildman–Crippen MR) is 98.7 cm³/mol. The van der Waals surface area contributed by atoms with Crippen molar-refractivity contribution in [1.82, 2.24) is 0 Å². The highest BCUT2D eigenvalue weighted by molar-refractivity contribution is 4.70. The first-order chi connectivity index (χ1) is 9.77. The Morgan fingerprint density at radius 1 is 0.476 bits per heavy atom. The van der Waals surface area contributed by atoms with Gasteiger partial charge in [0.25, 0.3) is 0 Å². The monoisotopic (exact) mass is 296 g/mol. The van der Waals surface area contributed by atoms with Crippen LogP contribution in [-0.4, -0.2) is 0 Å².